The smallest absolute Gasteiger partial charge is 0.318 e. The molecule has 0 spiro atoms. The summed E-state index contributed by atoms with van der Waals surface area (Å²) in [6.07, 6.45) is 1.67. The number of piperidine rings is 1. The molecule has 1 saturated heterocycles. The molecule has 1 fully saturated rings. The molecule has 1 aromatic rings. The van der Waals surface area contributed by atoms with Crippen LogP contribution in [0, 0.1) is 0 Å². The molecule has 1 unspecified atom stereocenters. The van der Waals surface area contributed by atoms with Gasteiger partial charge in [0.05, 0.1) is 15.8 Å². The predicted molar refractivity (Wildman–Crippen MR) is 92.8 cm³/mol. The number of sulfone groups is 1. The van der Waals surface area contributed by atoms with Crippen LogP contribution in [0.3, 0.4) is 0 Å². The Morgan fingerprint density at radius 1 is 1.33 bits per heavy atom. The van der Waals surface area contributed by atoms with Crippen LogP contribution in [-0.2, 0) is 14.6 Å². The molecule has 0 bridgehead atoms. The van der Waals surface area contributed by atoms with Crippen molar-refractivity contribution in [2.75, 3.05) is 31.1 Å². The molecule has 0 saturated carbocycles. The Balaban J connectivity index is 1.87. The highest BCUT2D eigenvalue weighted by Gasteiger charge is 2.24. The summed E-state index contributed by atoms with van der Waals surface area (Å²) in [6.45, 7) is 1.66. The minimum Gasteiger partial charge on any atom is -0.489 e. The van der Waals surface area contributed by atoms with E-state index in [4.69, 9.17) is 33.0 Å². The van der Waals surface area contributed by atoms with E-state index in [2.05, 4.69) is 0 Å². The van der Waals surface area contributed by atoms with Gasteiger partial charge in [0, 0.05) is 19.2 Å². The van der Waals surface area contributed by atoms with Crippen molar-refractivity contribution in [1.82, 2.24) is 4.90 Å². The number of benzene rings is 1. The van der Waals surface area contributed by atoms with E-state index in [1.54, 1.807) is 18.2 Å². The highest BCUT2D eigenvalue weighted by atomic mass is 35.5. The Hall–Kier alpha value is -1.02. The fraction of sp³-hybridized carbons (Fsp3) is 0.533. The van der Waals surface area contributed by atoms with Crippen LogP contribution in [0.1, 0.15) is 12.8 Å². The van der Waals surface area contributed by atoms with Gasteiger partial charge in [0.25, 0.3) is 0 Å². The lowest BCUT2D eigenvalue weighted by molar-refractivity contribution is -0.134. The Morgan fingerprint density at radius 2 is 2.08 bits per heavy atom. The lowest BCUT2D eigenvalue weighted by Crippen LogP contribution is -2.43. The van der Waals surface area contributed by atoms with Crippen LogP contribution in [-0.4, -0.2) is 61.6 Å². The van der Waals surface area contributed by atoms with E-state index in [1.165, 1.54) is 0 Å². The molecule has 0 amide bonds. The lowest BCUT2D eigenvalue weighted by Gasteiger charge is -2.32. The van der Waals surface area contributed by atoms with Gasteiger partial charge in [-0.2, -0.15) is 0 Å². The summed E-state index contributed by atoms with van der Waals surface area (Å²) in [6, 6.07) is 5.06. The second-order valence-electron chi connectivity index (χ2n) is 5.74. The molecule has 1 atom stereocenters. The molecular formula is C15H19Cl2NO5S. The standard InChI is InChI=1S/C15H19Cl2NO5S/c16-13-4-3-11(8-14(13)17)23-12-2-1-5-18(9-12)6-7-24(21,22)10-15(19)20/h3-4,8,12H,1-2,5-7,9-10H2,(H,19,20). The molecule has 2 rings (SSSR count). The minimum atomic E-state index is -3.58. The predicted octanol–water partition coefficient (Wildman–Crippen LogP) is 2.34. The molecule has 1 aliphatic rings. The summed E-state index contributed by atoms with van der Waals surface area (Å²) < 4.78 is 29.2. The number of ether oxygens (including phenoxy) is 1. The van der Waals surface area contributed by atoms with Gasteiger partial charge in [-0.3, -0.25) is 9.69 Å². The Morgan fingerprint density at radius 3 is 2.75 bits per heavy atom. The normalized spacial score (nSPS) is 19.2. The van der Waals surface area contributed by atoms with Gasteiger partial charge >= 0.3 is 5.97 Å². The summed E-state index contributed by atoms with van der Waals surface area (Å²) in [4.78, 5) is 12.5. The number of carboxylic acid groups (broad SMARTS) is 1. The highest BCUT2D eigenvalue weighted by Crippen LogP contribution is 2.28. The molecule has 0 radical (unpaired) electrons. The van der Waals surface area contributed by atoms with Gasteiger partial charge in [0.1, 0.15) is 17.6 Å². The van der Waals surface area contributed by atoms with Crippen LogP contribution in [0.15, 0.2) is 18.2 Å². The molecule has 134 valence electrons. The van der Waals surface area contributed by atoms with Gasteiger partial charge in [-0.15, -0.1) is 0 Å². The Kier molecular flexibility index (Phi) is 6.74. The SMILES string of the molecule is O=C(O)CS(=O)(=O)CCN1CCCC(Oc2ccc(Cl)c(Cl)c2)C1. The van der Waals surface area contributed by atoms with E-state index < -0.39 is 21.6 Å². The number of carboxylic acids is 1. The maximum absolute atomic E-state index is 11.7. The first kappa shape index (κ1) is 19.3. The van der Waals surface area contributed by atoms with Gasteiger partial charge in [0.15, 0.2) is 9.84 Å². The van der Waals surface area contributed by atoms with Crippen molar-refractivity contribution in [2.45, 2.75) is 18.9 Å². The van der Waals surface area contributed by atoms with Crippen molar-refractivity contribution in [3.63, 3.8) is 0 Å². The van der Waals surface area contributed by atoms with Crippen LogP contribution >= 0.6 is 23.2 Å². The molecule has 1 N–H and O–H groups in total. The van der Waals surface area contributed by atoms with Gasteiger partial charge in [-0.25, -0.2) is 8.42 Å². The van der Waals surface area contributed by atoms with E-state index in [0.717, 1.165) is 19.4 Å². The Labute approximate surface area is 151 Å². The van der Waals surface area contributed by atoms with E-state index in [-0.39, 0.29) is 11.9 Å². The van der Waals surface area contributed by atoms with Crippen molar-refractivity contribution < 1.29 is 23.1 Å². The number of aliphatic carboxylic acids is 1. The third-order valence-corrected chi connectivity index (χ3v) is 5.95. The zero-order valence-corrected chi connectivity index (χ0v) is 15.3. The van der Waals surface area contributed by atoms with E-state index in [9.17, 15) is 13.2 Å². The molecular weight excluding hydrogens is 377 g/mol. The number of rotatable bonds is 7. The first-order chi connectivity index (χ1) is 11.2. The molecule has 0 aliphatic carbocycles. The quantitative estimate of drug-likeness (QED) is 0.762. The summed E-state index contributed by atoms with van der Waals surface area (Å²) in [7, 11) is -3.58. The van der Waals surface area contributed by atoms with Crippen LogP contribution in [0.4, 0.5) is 0 Å². The van der Waals surface area contributed by atoms with Crippen LogP contribution in [0.25, 0.3) is 0 Å². The largest absolute Gasteiger partial charge is 0.489 e. The molecule has 0 aromatic heterocycles. The first-order valence-electron chi connectivity index (χ1n) is 7.51. The number of halogens is 2. The van der Waals surface area contributed by atoms with Crippen LogP contribution < -0.4 is 4.74 Å². The zero-order chi connectivity index (χ0) is 17.7. The third-order valence-electron chi connectivity index (χ3n) is 3.72. The zero-order valence-electron chi connectivity index (χ0n) is 13.0. The molecule has 1 heterocycles. The monoisotopic (exact) mass is 395 g/mol. The molecule has 1 aliphatic heterocycles. The van der Waals surface area contributed by atoms with Crippen molar-refractivity contribution in [2.24, 2.45) is 0 Å². The fourth-order valence-corrected chi connectivity index (χ4v) is 3.93. The van der Waals surface area contributed by atoms with Gasteiger partial charge in [0.2, 0.25) is 0 Å². The maximum atomic E-state index is 11.7. The van der Waals surface area contributed by atoms with Gasteiger partial charge < -0.3 is 9.84 Å². The maximum Gasteiger partial charge on any atom is 0.318 e. The van der Waals surface area contributed by atoms with Gasteiger partial charge in [-0.05, 0) is 31.5 Å². The Bertz CT molecular complexity index is 695. The van der Waals surface area contributed by atoms with Crippen LogP contribution in [0.2, 0.25) is 10.0 Å². The summed E-state index contributed by atoms with van der Waals surface area (Å²) in [5.74, 6) is -1.70. The number of nitrogens with zero attached hydrogens (tertiary/aromatic N) is 1. The topological polar surface area (TPSA) is 83.9 Å². The number of carbonyl (C=O) groups is 1. The summed E-state index contributed by atoms with van der Waals surface area (Å²) in [5, 5.41) is 9.48. The highest BCUT2D eigenvalue weighted by molar-refractivity contribution is 7.92. The third kappa shape index (κ3) is 6.12. The van der Waals surface area contributed by atoms with Crippen molar-refractivity contribution in [3.8, 4) is 5.75 Å². The number of hydrogen-bond donors (Lipinski definition) is 1. The fourth-order valence-electron chi connectivity index (χ4n) is 2.58. The first-order valence-corrected chi connectivity index (χ1v) is 10.1. The number of likely N-dealkylation sites (tertiary alicyclic amines) is 1. The van der Waals surface area contributed by atoms with E-state index >= 15 is 0 Å². The van der Waals surface area contributed by atoms with Crippen LogP contribution in [0.5, 0.6) is 5.75 Å². The lowest BCUT2D eigenvalue weighted by atomic mass is 10.1. The number of hydrogen-bond acceptors (Lipinski definition) is 5. The second-order valence-corrected chi connectivity index (χ2v) is 8.74. The van der Waals surface area contributed by atoms with Crippen molar-refractivity contribution >= 4 is 39.0 Å². The molecule has 24 heavy (non-hydrogen) atoms. The second kappa shape index (κ2) is 8.38. The van der Waals surface area contributed by atoms with Crippen molar-refractivity contribution in [3.05, 3.63) is 28.2 Å². The van der Waals surface area contributed by atoms with Crippen molar-refractivity contribution in [1.29, 1.82) is 0 Å². The molecule has 6 nitrogen and oxygen atoms in total. The van der Waals surface area contributed by atoms with E-state index in [1.807, 2.05) is 4.90 Å². The van der Waals surface area contributed by atoms with E-state index in [0.29, 0.717) is 28.9 Å². The molecule has 9 heteroatoms. The average molecular weight is 396 g/mol. The minimum absolute atomic E-state index is 0.0711. The summed E-state index contributed by atoms with van der Waals surface area (Å²) >= 11 is 11.8. The van der Waals surface area contributed by atoms with Gasteiger partial charge in [-0.1, -0.05) is 23.2 Å². The summed E-state index contributed by atoms with van der Waals surface area (Å²) in [5.41, 5.74) is 0. The average Bonchev–Trinajstić information content (AvgIpc) is 2.48. The molecule has 1 aromatic carbocycles.